The SMILES string of the molecule is Cc1ccc(Br)cc1Nc1cc(Cl)c(N)cc1C. The van der Waals surface area contributed by atoms with Crippen molar-refractivity contribution >= 4 is 44.6 Å². The highest BCUT2D eigenvalue weighted by Crippen LogP contribution is 2.31. The van der Waals surface area contributed by atoms with Gasteiger partial charge in [0.05, 0.1) is 10.7 Å². The summed E-state index contributed by atoms with van der Waals surface area (Å²) in [6, 6.07) is 9.84. The van der Waals surface area contributed by atoms with Crippen LogP contribution in [-0.4, -0.2) is 0 Å². The summed E-state index contributed by atoms with van der Waals surface area (Å²) in [5.41, 5.74) is 10.6. The van der Waals surface area contributed by atoms with Crippen molar-refractivity contribution in [3.05, 3.63) is 51.0 Å². The first-order valence-electron chi connectivity index (χ1n) is 5.56. The number of hydrogen-bond donors (Lipinski definition) is 2. The molecular weight excluding hydrogens is 312 g/mol. The van der Waals surface area contributed by atoms with Gasteiger partial charge in [0, 0.05) is 15.8 Å². The molecule has 0 unspecified atom stereocenters. The number of benzene rings is 2. The first-order valence-corrected chi connectivity index (χ1v) is 6.73. The van der Waals surface area contributed by atoms with Crippen molar-refractivity contribution in [2.75, 3.05) is 11.1 Å². The molecule has 3 N–H and O–H groups in total. The highest BCUT2D eigenvalue weighted by atomic mass is 79.9. The third-order valence-electron chi connectivity index (χ3n) is 2.81. The van der Waals surface area contributed by atoms with Crippen LogP contribution >= 0.6 is 27.5 Å². The predicted octanol–water partition coefficient (Wildman–Crippen LogP) is 5.05. The van der Waals surface area contributed by atoms with E-state index in [1.54, 1.807) is 0 Å². The van der Waals surface area contributed by atoms with Gasteiger partial charge in [-0.15, -0.1) is 0 Å². The minimum absolute atomic E-state index is 0.566. The van der Waals surface area contributed by atoms with Crippen LogP contribution in [0.25, 0.3) is 0 Å². The number of halogens is 2. The van der Waals surface area contributed by atoms with E-state index in [9.17, 15) is 0 Å². The van der Waals surface area contributed by atoms with E-state index in [0.29, 0.717) is 10.7 Å². The van der Waals surface area contributed by atoms with Crippen LogP contribution in [0.15, 0.2) is 34.8 Å². The van der Waals surface area contributed by atoms with Gasteiger partial charge in [0.1, 0.15) is 0 Å². The molecule has 2 nitrogen and oxygen atoms in total. The second kappa shape index (κ2) is 5.21. The monoisotopic (exact) mass is 324 g/mol. The molecule has 94 valence electrons. The number of hydrogen-bond acceptors (Lipinski definition) is 2. The maximum absolute atomic E-state index is 6.05. The number of nitrogens with one attached hydrogen (secondary N) is 1. The Balaban J connectivity index is 2.40. The van der Waals surface area contributed by atoms with Gasteiger partial charge in [0.25, 0.3) is 0 Å². The first kappa shape index (κ1) is 13.2. The van der Waals surface area contributed by atoms with Gasteiger partial charge in [-0.3, -0.25) is 0 Å². The minimum atomic E-state index is 0.566. The Hall–Kier alpha value is -1.19. The summed E-state index contributed by atoms with van der Waals surface area (Å²) >= 11 is 9.52. The van der Waals surface area contributed by atoms with Crippen LogP contribution in [-0.2, 0) is 0 Å². The molecule has 0 atom stereocenters. The van der Waals surface area contributed by atoms with E-state index in [4.69, 9.17) is 17.3 Å². The van der Waals surface area contributed by atoms with Gasteiger partial charge in [-0.25, -0.2) is 0 Å². The molecule has 0 spiro atoms. The van der Waals surface area contributed by atoms with E-state index in [1.165, 1.54) is 5.56 Å². The molecule has 2 aromatic carbocycles. The van der Waals surface area contributed by atoms with Gasteiger partial charge in [0.2, 0.25) is 0 Å². The zero-order chi connectivity index (χ0) is 13.3. The third kappa shape index (κ3) is 2.79. The van der Waals surface area contributed by atoms with Gasteiger partial charge < -0.3 is 11.1 Å². The average molecular weight is 326 g/mol. The predicted molar refractivity (Wildman–Crippen MR) is 82.8 cm³/mol. The lowest BCUT2D eigenvalue weighted by molar-refractivity contribution is 1.38. The van der Waals surface area contributed by atoms with Crippen molar-refractivity contribution in [3.8, 4) is 0 Å². The molecule has 0 radical (unpaired) electrons. The molecule has 4 heteroatoms. The summed E-state index contributed by atoms with van der Waals surface area (Å²) in [5.74, 6) is 0. The number of nitrogen functional groups attached to an aromatic ring is 1. The van der Waals surface area contributed by atoms with E-state index in [2.05, 4.69) is 34.2 Å². The fourth-order valence-corrected chi connectivity index (χ4v) is 2.24. The second-order valence-corrected chi connectivity index (χ2v) is 5.60. The van der Waals surface area contributed by atoms with E-state index in [1.807, 2.05) is 31.2 Å². The van der Waals surface area contributed by atoms with Crippen molar-refractivity contribution in [2.24, 2.45) is 0 Å². The highest BCUT2D eigenvalue weighted by Gasteiger charge is 2.06. The maximum atomic E-state index is 6.05. The van der Waals surface area contributed by atoms with Crippen molar-refractivity contribution in [2.45, 2.75) is 13.8 Å². The number of rotatable bonds is 2. The Morgan fingerprint density at radius 2 is 1.72 bits per heavy atom. The molecule has 0 aliphatic rings. The first-order chi connectivity index (χ1) is 8.47. The van der Waals surface area contributed by atoms with Gasteiger partial charge in [-0.2, -0.15) is 0 Å². The molecule has 2 aromatic rings. The van der Waals surface area contributed by atoms with Gasteiger partial charge in [0.15, 0.2) is 0 Å². The minimum Gasteiger partial charge on any atom is -0.398 e. The van der Waals surface area contributed by atoms with E-state index in [0.717, 1.165) is 21.4 Å². The fourth-order valence-electron chi connectivity index (χ4n) is 1.71. The van der Waals surface area contributed by atoms with Crippen LogP contribution in [0.2, 0.25) is 5.02 Å². The molecule has 0 saturated carbocycles. The highest BCUT2D eigenvalue weighted by molar-refractivity contribution is 9.10. The summed E-state index contributed by atoms with van der Waals surface area (Å²) in [4.78, 5) is 0. The lowest BCUT2D eigenvalue weighted by Gasteiger charge is -2.13. The summed E-state index contributed by atoms with van der Waals surface area (Å²) in [6.07, 6.45) is 0. The molecule has 0 bridgehead atoms. The summed E-state index contributed by atoms with van der Waals surface area (Å²) < 4.78 is 1.04. The molecule has 2 rings (SSSR count). The van der Waals surface area contributed by atoms with Crippen LogP contribution < -0.4 is 11.1 Å². The molecule has 18 heavy (non-hydrogen) atoms. The molecule has 0 aliphatic heterocycles. The Bertz CT molecular complexity index is 597. The number of nitrogens with two attached hydrogens (primary N) is 1. The molecule has 0 aromatic heterocycles. The molecule has 0 heterocycles. The zero-order valence-electron chi connectivity index (χ0n) is 10.2. The van der Waals surface area contributed by atoms with E-state index in [-0.39, 0.29) is 0 Å². The van der Waals surface area contributed by atoms with Crippen LogP contribution in [0.5, 0.6) is 0 Å². The number of anilines is 3. The van der Waals surface area contributed by atoms with Crippen molar-refractivity contribution in [3.63, 3.8) is 0 Å². The van der Waals surface area contributed by atoms with Gasteiger partial charge >= 0.3 is 0 Å². The van der Waals surface area contributed by atoms with E-state index >= 15 is 0 Å². The standard InChI is InChI=1S/C14H14BrClN2/c1-8-3-4-10(15)6-13(8)18-14-7-11(16)12(17)5-9(14)2/h3-7,18H,17H2,1-2H3. The largest absolute Gasteiger partial charge is 0.398 e. The number of aryl methyl sites for hydroxylation is 2. The Morgan fingerprint density at radius 3 is 2.44 bits per heavy atom. The molecule has 0 saturated heterocycles. The maximum Gasteiger partial charge on any atom is 0.0656 e. The van der Waals surface area contributed by atoms with Crippen molar-refractivity contribution in [1.29, 1.82) is 0 Å². The smallest absolute Gasteiger partial charge is 0.0656 e. The van der Waals surface area contributed by atoms with Crippen LogP contribution in [0.3, 0.4) is 0 Å². The average Bonchev–Trinajstić information content (AvgIpc) is 2.30. The van der Waals surface area contributed by atoms with Gasteiger partial charge in [-0.1, -0.05) is 33.6 Å². The summed E-state index contributed by atoms with van der Waals surface area (Å²) in [5, 5.41) is 3.94. The summed E-state index contributed by atoms with van der Waals surface area (Å²) in [7, 11) is 0. The van der Waals surface area contributed by atoms with E-state index < -0.39 is 0 Å². The summed E-state index contributed by atoms with van der Waals surface area (Å²) in [6.45, 7) is 4.06. The van der Waals surface area contributed by atoms with Crippen LogP contribution in [0.1, 0.15) is 11.1 Å². The van der Waals surface area contributed by atoms with Crippen molar-refractivity contribution < 1.29 is 0 Å². The fraction of sp³-hybridized carbons (Fsp3) is 0.143. The molecule has 0 fully saturated rings. The molecule has 0 aliphatic carbocycles. The topological polar surface area (TPSA) is 38.0 Å². The van der Waals surface area contributed by atoms with Gasteiger partial charge in [-0.05, 0) is 49.2 Å². The lowest BCUT2D eigenvalue weighted by atomic mass is 10.1. The Labute approximate surface area is 120 Å². The third-order valence-corrected chi connectivity index (χ3v) is 3.63. The quantitative estimate of drug-likeness (QED) is 0.759. The molecular formula is C14H14BrClN2. The second-order valence-electron chi connectivity index (χ2n) is 4.27. The normalized spacial score (nSPS) is 10.4. The molecule has 0 amide bonds. The zero-order valence-corrected chi connectivity index (χ0v) is 12.6. The van der Waals surface area contributed by atoms with Crippen LogP contribution in [0, 0.1) is 13.8 Å². The Kier molecular flexibility index (Phi) is 3.83. The lowest BCUT2D eigenvalue weighted by Crippen LogP contribution is -1.97. The Morgan fingerprint density at radius 1 is 1.06 bits per heavy atom. The van der Waals surface area contributed by atoms with Crippen molar-refractivity contribution in [1.82, 2.24) is 0 Å². The van der Waals surface area contributed by atoms with Crippen LogP contribution in [0.4, 0.5) is 17.1 Å².